The van der Waals surface area contributed by atoms with Gasteiger partial charge in [0.05, 0.1) is 7.11 Å². The van der Waals surface area contributed by atoms with Gasteiger partial charge in [-0.05, 0) is 43.0 Å². The molecule has 3 aromatic rings. The summed E-state index contributed by atoms with van der Waals surface area (Å²) < 4.78 is 10.7. The monoisotopic (exact) mass is 307 g/mol. The van der Waals surface area contributed by atoms with E-state index in [0.717, 1.165) is 30.4 Å². The summed E-state index contributed by atoms with van der Waals surface area (Å²) in [5, 5.41) is 0.923. The lowest BCUT2D eigenvalue weighted by Gasteiger charge is -2.11. The fourth-order valence-electron chi connectivity index (χ4n) is 3.05. The molecule has 1 aromatic carbocycles. The van der Waals surface area contributed by atoms with E-state index in [9.17, 15) is 4.79 Å². The van der Waals surface area contributed by atoms with Crippen molar-refractivity contribution in [3.05, 3.63) is 65.5 Å². The molecule has 0 aliphatic heterocycles. The molecule has 4 heteroatoms. The van der Waals surface area contributed by atoms with Crippen LogP contribution in [0, 0.1) is 0 Å². The number of aromatic nitrogens is 1. The fourth-order valence-corrected chi connectivity index (χ4v) is 3.05. The van der Waals surface area contributed by atoms with E-state index in [4.69, 9.17) is 9.15 Å². The summed E-state index contributed by atoms with van der Waals surface area (Å²) in [6.45, 7) is 0. The largest absolute Gasteiger partial charge is 0.464 e. The van der Waals surface area contributed by atoms with Crippen LogP contribution in [-0.2, 0) is 16.6 Å². The average Bonchev–Trinajstić information content (AvgIpc) is 3.23. The number of carbonyl (C=O) groups is 1. The number of hydrogen-bond donors (Lipinski definition) is 0. The van der Waals surface area contributed by atoms with Crippen LogP contribution in [-0.4, -0.2) is 18.1 Å². The minimum Gasteiger partial charge on any atom is -0.464 e. The van der Waals surface area contributed by atoms with Crippen LogP contribution in [0.25, 0.3) is 11.1 Å². The van der Waals surface area contributed by atoms with E-state index in [1.54, 1.807) is 6.07 Å². The van der Waals surface area contributed by atoms with Gasteiger partial charge in [-0.3, -0.25) is 0 Å². The Morgan fingerprint density at radius 1 is 1.22 bits per heavy atom. The number of fused-ring (bicyclic) bond motifs is 1. The lowest BCUT2D eigenvalue weighted by atomic mass is 9.94. The molecule has 2 heterocycles. The molecule has 4 nitrogen and oxygen atoms in total. The number of nitrogens with zero attached hydrogens (tertiary/aromatic N) is 1. The molecule has 0 atom stereocenters. The lowest BCUT2D eigenvalue weighted by Crippen LogP contribution is -2.09. The van der Waals surface area contributed by atoms with Gasteiger partial charge >= 0.3 is 5.97 Å². The summed E-state index contributed by atoms with van der Waals surface area (Å²) >= 11 is 0. The van der Waals surface area contributed by atoms with E-state index in [-0.39, 0.29) is 11.1 Å². The zero-order chi connectivity index (χ0) is 15.9. The van der Waals surface area contributed by atoms with Gasteiger partial charge in [-0.25, -0.2) is 9.78 Å². The first-order chi connectivity index (χ1) is 11.2. The highest BCUT2D eigenvalue weighted by atomic mass is 16.5. The van der Waals surface area contributed by atoms with E-state index in [1.807, 2.05) is 12.1 Å². The Kier molecular flexibility index (Phi) is 3.18. The molecule has 0 radical (unpaired) electrons. The van der Waals surface area contributed by atoms with Gasteiger partial charge in [0.1, 0.15) is 5.76 Å². The second kappa shape index (κ2) is 5.23. The maximum absolute atomic E-state index is 11.6. The topological polar surface area (TPSA) is 52.3 Å². The van der Waals surface area contributed by atoms with Crippen LogP contribution >= 0.6 is 0 Å². The smallest absolute Gasteiger partial charge is 0.356 e. The zero-order valence-corrected chi connectivity index (χ0v) is 12.9. The molecule has 1 fully saturated rings. The third kappa shape index (κ3) is 2.50. The molecule has 0 spiro atoms. The fraction of sp³-hybridized carbons (Fsp3) is 0.263. The average molecular weight is 307 g/mol. The van der Waals surface area contributed by atoms with Gasteiger partial charge < -0.3 is 9.15 Å². The molecule has 4 rings (SSSR count). The number of rotatable bonds is 4. The zero-order valence-electron chi connectivity index (χ0n) is 12.9. The highest BCUT2D eigenvalue weighted by Crippen LogP contribution is 2.51. The lowest BCUT2D eigenvalue weighted by molar-refractivity contribution is 0.0594. The molecule has 23 heavy (non-hydrogen) atoms. The maximum atomic E-state index is 11.6. The molecule has 1 aliphatic carbocycles. The Labute approximate surface area is 134 Å². The summed E-state index contributed by atoms with van der Waals surface area (Å²) in [5.41, 5.74) is 2.16. The van der Waals surface area contributed by atoms with E-state index in [1.165, 1.54) is 12.7 Å². The standard InChI is InChI=1S/C19H17NO3/c1-22-18(21)15-8-7-14-11-16(23-17(14)20-15)19(9-10-19)12-13-5-3-2-4-6-13/h2-8,11H,9-10,12H2,1H3. The molecule has 0 saturated heterocycles. The van der Waals surface area contributed by atoms with Crippen molar-refractivity contribution in [2.24, 2.45) is 0 Å². The quantitative estimate of drug-likeness (QED) is 0.686. The number of ether oxygens (including phenoxy) is 1. The van der Waals surface area contributed by atoms with Gasteiger partial charge in [0.15, 0.2) is 5.69 Å². The number of furan rings is 1. The van der Waals surface area contributed by atoms with Crippen LogP contribution in [0.4, 0.5) is 0 Å². The Hall–Kier alpha value is -2.62. The summed E-state index contributed by atoms with van der Waals surface area (Å²) in [4.78, 5) is 15.9. The van der Waals surface area contributed by atoms with Gasteiger partial charge in [0.25, 0.3) is 0 Å². The number of pyridine rings is 1. The van der Waals surface area contributed by atoms with Gasteiger partial charge in [-0.1, -0.05) is 30.3 Å². The third-order valence-electron chi connectivity index (χ3n) is 4.54. The SMILES string of the molecule is COC(=O)c1ccc2cc(C3(Cc4ccccc4)CC3)oc2n1. The first-order valence-corrected chi connectivity index (χ1v) is 7.73. The second-order valence-corrected chi connectivity index (χ2v) is 6.14. The van der Waals surface area contributed by atoms with E-state index < -0.39 is 5.97 Å². The van der Waals surface area contributed by atoms with E-state index >= 15 is 0 Å². The van der Waals surface area contributed by atoms with Crippen molar-refractivity contribution in [3.63, 3.8) is 0 Å². The molecule has 0 unspecified atom stereocenters. The molecule has 2 aromatic heterocycles. The van der Waals surface area contributed by atoms with E-state index in [2.05, 4.69) is 35.3 Å². The van der Waals surface area contributed by atoms with Crippen molar-refractivity contribution >= 4 is 17.1 Å². The minimum atomic E-state index is -0.449. The van der Waals surface area contributed by atoms with Crippen LogP contribution in [0.2, 0.25) is 0 Å². The number of carbonyl (C=O) groups excluding carboxylic acids is 1. The maximum Gasteiger partial charge on any atom is 0.356 e. The predicted octanol–water partition coefficient (Wildman–Crippen LogP) is 3.89. The Morgan fingerprint density at radius 3 is 2.70 bits per heavy atom. The van der Waals surface area contributed by atoms with Gasteiger partial charge in [0.2, 0.25) is 5.71 Å². The predicted molar refractivity (Wildman–Crippen MR) is 86.4 cm³/mol. The van der Waals surface area contributed by atoms with Crippen molar-refractivity contribution < 1.29 is 13.9 Å². The molecule has 116 valence electrons. The number of benzene rings is 1. The summed E-state index contributed by atoms with van der Waals surface area (Å²) in [6.07, 6.45) is 3.20. The summed E-state index contributed by atoms with van der Waals surface area (Å²) in [7, 11) is 1.35. The Morgan fingerprint density at radius 2 is 2.00 bits per heavy atom. The van der Waals surface area contributed by atoms with E-state index in [0.29, 0.717) is 5.71 Å². The number of hydrogen-bond acceptors (Lipinski definition) is 4. The molecular formula is C19H17NO3. The molecule has 0 amide bonds. The first kappa shape index (κ1) is 14.0. The van der Waals surface area contributed by atoms with Crippen LogP contribution in [0.3, 0.4) is 0 Å². The Bertz CT molecular complexity index is 863. The Balaban J connectivity index is 1.68. The summed E-state index contributed by atoms with van der Waals surface area (Å²) in [5.74, 6) is 0.515. The first-order valence-electron chi connectivity index (χ1n) is 7.73. The van der Waals surface area contributed by atoms with Crippen molar-refractivity contribution in [1.29, 1.82) is 0 Å². The van der Waals surface area contributed by atoms with Crippen molar-refractivity contribution in [2.75, 3.05) is 7.11 Å². The molecule has 1 aliphatic rings. The van der Waals surface area contributed by atoms with Gasteiger partial charge in [0, 0.05) is 10.8 Å². The molecule has 0 bridgehead atoms. The van der Waals surface area contributed by atoms with Crippen LogP contribution in [0.1, 0.15) is 34.7 Å². The van der Waals surface area contributed by atoms with Crippen molar-refractivity contribution in [1.82, 2.24) is 4.98 Å². The normalized spacial score (nSPS) is 15.5. The van der Waals surface area contributed by atoms with Gasteiger partial charge in [-0.2, -0.15) is 0 Å². The van der Waals surface area contributed by atoms with Crippen molar-refractivity contribution in [2.45, 2.75) is 24.7 Å². The second-order valence-electron chi connectivity index (χ2n) is 6.14. The highest BCUT2D eigenvalue weighted by Gasteiger charge is 2.47. The number of methoxy groups -OCH3 is 1. The van der Waals surface area contributed by atoms with Crippen LogP contribution in [0.15, 0.2) is 52.9 Å². The molecular weight excluding hydrogens is 290 g/mol. The molecule has 1 saturated carbocycles. The minimum absolute atomic E-state index is 0.0769. The molecule has 0 N–H and O–H groups in total. The summed E-state index contributed by atoms with van der Waals surface area (Å²) in [6, 6.07) is 16.0. The van der Waals surface area contributed by atoms with Gasteiger partial charge in [-0.15, -0.1) is 0 Å². The van der Waals surface area contributed by atoms with Crippen LogP contribution in [0.5, 0.6) is 0 Å². The third-order valence-corrected chi connectivity index (χ3v) is 4.54. The number of esters is 1. The van der Waals surface area contributed by atoms with Crippen LogP contribution < -0.4 is 0 Å². The highest BCUT2D eigenvalue weighted by molar-refractivity contribution is 5.90. The van der Waals surface area contributed by atoms with Crippen molar-refractivity contribution in [3.8, 4) is 0 Å².